The number of benzene rings is 1. The second-order valence-corrected chi connectivity index (χ2v) is 6.33. The minimum atomic E-state index is 0.280. The zero-order valence-electron chi connectivity index (χ0n) is 14.1. The molecule has 2 fully saturated rings. The first-order valence-electron chi connectivity index (χ1n) is 8.48. The molecule has 2 aliphatic rings. The molecule has 1 aliphatic heterocycles. The minimum Gasteiger partial charge on any atom is -0.493 e. The van der Waals surface area contributed by atoms with Crippen molar-refractivity contribution in [3.63, 3.8) is 0 Å². The number of carbonyl (C=O) groups excluding carboxylic acids is 1. The van der Waals surface area contributed by atoms with Crippen LogP contribution in [0.1, 0.15) is 25.7 Å². The Balaban J connectivity index is 1.61. The smallest absolute Gasteiger partial charge is 0.225 e. The van der Waals surface area contributed by atoms with E-state index in [1.165, 1.54) is 12.8 Å². The number of nitrogens with zero attached hydrogens (tertiary/aromatic N) is 2. The largest absolute Gasteiger partial charge is 0.493 e. The fourth-order valence-corrected chi connectivity index (χ4v) is 3.64. The molecule has 0 atom stereocenters. The Morgan fingerprint density at radius 2 is 1.65 bits per heavy atom. The lowest BCUT2D eigenvalue weighted by atomic mass is 10.1. The van der Waals surface area contributed by atoms with Crippen molar-refractivity contribution in [1.82, 2.24) is 4.90 Å². The maximum Gasteiger partial charge on any atom is 0.225 e. The molecule has 0 N–H and O–H groups in total. The Morgan fingerprint density at radius 3 is 2.26 bits per heavy atom. The van der Waals surface area contributed by atoms with Gasteiger partial charge in [0, 0.05) is 43.9 Å². The summed E-state index contributed by atoms with van der Waals surface area (Å²) >= 11 is 0. The molecule has 5 heteroatoms. The molecule has 3 rings (SSSR count). The van der Waals surface area contributed by atoms with Crippen molar-refractivity contribution >= 4 is 11.6 Å². The van der Waals surface area contributed by atoms with E-state index in [-0.39, 0.29) is 5.92 Å². The van der Waals surface area contributed by atoms with Crippen LogP contribution < -0.4 is 14.4 Å². The van der Waals surface area contributed by atoms with Gasteiger partial charge in [-0.05, 0) is 25.0 Å². The number of methoxy groups -OCH3 is 2. The van der Waals surface area contributed by atoms with Gasteiger partial charge in [0.2, 0.25) is 5.91 Å². The van der Waals surface area contributed by atoms with Gasteiger partial charge in [-0.1, -0.05) is 12.8 Å². The molecule has 126 valence electrons. The summed E-state index contributed by atoms with van der Waals surface area (Å²) in [5, 5.41) is 0. The van der Waals surface area contributed by atoms with Crippen LogP contribution in [0.25, 0.3) is 0 Å². The Kier molecular flexibility index (Phi) is 4.94. The number of rotatable bonds is 4. The first kappa shape index (κ1) is 16.0. The fourth-order valence-electron chi connectivity index (χ4n) is 3.64. The molecule has 0 bridgehead atoms. The van der Waals surface area contributed by atoms with Gasteiger partial charge in [-0.15, -0.1) is 0 Å². The highest BCUT2D eigenvalue weighted by atomic mass is 16.5. The molecular weight excluding hydrogens is 292 g/mol. The summed E-state index contributed by atoms with van der Waals surface area (Å²) in [6, 6.07) is 5.99. The highest BCUT2D eigenvalue weighted by molar-refractivity contribution is 5.79. The fraction of sp³-hybridized carbons (Fsp3) is 0.611. The Labute approximate surface area is 138 Å². The lowest BCUT2D eigenvalue weighted by Crippen LogP contribution is -2.50. The van der Waals surface area contributed by atoms with E-state index in [2.05, 4.69) is 11.0 Å². The summed E-state index contributed by atoms with van der Waals surface area (Å²) in [4.78, 5) is 16.9. The molecule has 1 saturated carbocycles. The summed E-state index contributed by atoms with van der Waals surface area (Å²) in [6.07, 6.45) is 4.58. The van der Waals surface area contributed by atoms with E-state index >= 15 is 0 Å². The third-order valence-electron chi connectivity index (χ3n) is 5.03. The van der Waals surface area contributed by atoms with Gasteiger partial charge in [0.05, 0.1) is 14.2 Å². The van der Waals surface area contributed by atoms with Crippen molar-refractivity contribution in [2.24, 2.45) is 5.92 Å². The Hall–Kier alpha value is -1.91. The van der Waals surface area contributed by atoms with Crippen molar-refractivity contribution < 1.29 is 14.3 Å². The van der Waals surface area contributed by atoms with Gasteiger partial charge in [-0.2, -0.15) is 0 Å². The predicted octanol–water partition coefficient (Wildman–Crippen LogP) is 2.54. The first-order chi connectivity index (χ1) is 11.2. The summed E-state index contributed by atoms with van der Waals surface area (Å²) in [7, 11) is 3.30. The van der Waals surface area contributed by atoms with Crippen LogP contribution in [0, 0.1) is 5.92 Å². The first-order valence-corrected chi connectivity index (χ1v) is 8.48. The standard InChI is InChI=1S/C18H26N2O3/c1-22-16-8-7-15(13-17(16)23-2)19-9-11-20(12-10-19)18(21)14-5-3-4-6-14/h7-8,13-14H,3-6,9-12H2,1-2H3. The van der Waals surface area contributed by atoms with E-state index in [4.69, 9.17) is 9.47 Å². The zero-order valence-corrected chi connectivity index (χ0v) is 14.1. The van der Waals surface area contributed by atoms with Crippen LogP contribution in [-0.2, 0) is 4.79 Å². The maximum atomic E-state index is 12.5. The van der Waals surface area contributed by atoms with E-state index < -0.39 is 0 Å². The van der Waals surface area contributed by atoms with E-state index in [9.17, 15) is 4.79 Å². The maximum absolute atomic E-state index is 12.5. The van der Waals surface area contributed by atoms with E-state index in [1.807, 2.05) is 17.0 Å². The molecule has 0 spiro atoms. The molecule has 1 amide bonds. The van der Waals surface area contributed by atoms with Crippen LogP contribution in [-0.4, -0.2) is 51.2 Å². The van der Waals surface area contributed by atoms with Crippen molar-refractivity contribution in [1.29, 1.82) is 0 Å². The molecule has 0 radical (unpaired) electrons. The van der Waals surface area contributed by atoms with E-state index in [1.54, 1.807) is 14.2 Å². The molecule has 1 heterocycles. The highest BCUT2D eigenvalue weighted by Gasteiger charge is 2.29. The monoisotopic (exact) mass is 318 g/mol. The van der Waals surface area contributed by atoms with Gasteiger partial charge in [0.1, 0.15) is 0 Å². The van der Waals surface area contributed by atoms with E-state index in [0.29, 0.717) is 5.91 Å². The molecule has 0 unspecified atom stereocenters. The number of anilines is 1. The van der Waals surface area contributed by atoms with Gasteiger partial charge in [-0.3, -0.25) is 4.79 Å². The summed E-state index contributed by atoms with van der Waals surface area (Å²) in [5.41, 5.74) is 1.12. The number of hydrogen-bond acceptors (Lipinski definition) is 4. The average Bonchev–Trinajstić information content (AvgIpc) is 3.15. The van der Waals surface area contributed by atoms with Gasteiger partial charge < -0.3 is 19.3 Å². The Morgan fingerprint density at radius 1 is 1.00 bits per heavy atom. The predicted molar refractivity (Wildman–Crippen MR) is 90.3 cm³/mol. The van der Waals surface area contributed by atoms with Crippen molar-refractivity contribution in [2.75, 3.05) is 45.3 Å². The average molecular weight is 318 g/mol. The molecular formula is C18H26N2O3. The SMILES string of the molecule is COc1ccc(N2CCN(C(=O)C3CCCC3)CC2)cc1OC. The third-order valence-corrected chi connectivity index (χ3v) is 5.03. The molecule has 1 aromatic carbocycles. The lowest BCUT2D eigenvalue weighted by molar-refractivity contribution is -0.135. The van der Waals surface area contributed by atoms with Crippen LogP contribution in [0.5, 0.6) is 11.5 Å². The highest BCUT2D eigenvalue weighted by Crippen LogP contribution is 2.32. The molecule has 0 aromatic heterocycles. The number of hydrogen-bond donors (Lipinski definition) is 0. The summed E-state index contributed by atoms with van der Waals surface area (Å²) < 4.78 is 10.7. The number of piperazine rings is 1. The van der Waals surface area contributed by atoms with Crippen LogP contribution in [0.15, 0.2) is 18.2 Å². The minimum absolute atomic E-state index is 0.280. The number of carbonyl (C=O) groups is 1. The Bertz CT molecular complexity index is 547. The normalized spacial score (nSPS) is 19.0. The van der Waals surface area contributed by atoms with Crippen LogP contribution in [0.3, 0.4) is 0 Å². The van der Waals surface area contributed by atoms with Crippen LogP contribution in [0.2, 0.25) is 0 Å². The van der Waals surface area contributed by atoms with Gasteiger partial charge in [0.25, 0.3) is 0 Å². The molecule has 1 aromatic rings. The van der Waals surface area contributed by atoms with Crippen molar-refractivity contribution in [2.45, 2.75) is 25.7 Å². The molecule has 1 aliphatic carbocycles. The summed E-state index contributed by atoms with van der Waals surface area (Å²) in [5.74, 6) is 2.14. The van der Waals surface area contributed by atoms with Gasteiger partial charge in [0.15, 0.2) is 11.5 Å². The second-order valence-electron chi connectivity index (χ2n) is 6.33. The van der Waals surface area contributed by atoms with Crippen molar-refractivity contribution in [3.05, 3.63) is 18.2 Å². The second kappa shape index (κ2) is 7.11. The molecule has 23 heavy (non-hydrogen) atoms. The van der Waals surface area contributed by atoms with Gasteiger partial charge in [-0.25, -0.2) is 0 Å². The van der Waals surface area contributed by atoms with Gasteiger partial charge >= 0.3 is 0 Å². The van der Waals surface area contributed by atoms with Crippen LogP contribution >= 0.6 is 0 Å². The van der Waals surface area contributed by atoms with Crippen molar-refractivity contribution in [3.8, 4) is 11.5 Å². The van der Waals surface area contributed by atoms with Crippen LogP contribution in [0.4, 0.5) is 5.69 Å². The quantitative estimate of drug-likeness (QED) is 0.855. The topological polar surface area (TPSA) is 42.0 Å². The zero-order chi connectivity index (χ0) is 16.2. The number of ether oxygens (including phenoxy) is 2. The third kappa shape index (κ3) is 3.38. The van der Waals surface area contributed by atoms with E-state index in [0.717, 1.165) is 56.2 Å². The lowest BCUT2D eigenvalue weighted by Gasteiger charge is -2.37. The molecule has 5 nitrogen and oxygen atoms in total. The summed E-state index contributed by atoms with van der Waals surface area (Å²) in [6.45, 7) is 3.36. The molecule has 1 saturated heterocycles. The number of amides is 1.